The first-order valence-electron chi connectivity index (χ1n) is 6.37. The van der Waals surface area contributed by atoms with Gasteiger partial charge in [0.1, 0.15) is 0 Å². The quantitative estimate of drug-likeness (QED) is 0.921. The first-order chi connectivity index (χ1) is 8.64. The predicted octanol–water partition coefficient (Wildman–Crippen LogP) is 3.76. The standard InChI is InChI=1S/C14H19BrFNO/c1-18-11-6-5-10(15)12(13(11)16)14(9-17)7-3-2-4-8-14/h5-6H,2-4,7-9,17H2,1H3. The second-order valence-corrected chi connectivity index (χ2v) is 5.84. The van der Waals surface area contributed by atoms with Crippen LogP contribution in [-0.4, -0.2) is 13.7 Å². The van der Waals surface area contributed by atoms with Crippen LogP contribution in [0.5, 0.6) is 5.75 Å². The van der Waals surface area contributed by atoms with E-state index in [1.165, 1.54) is 13.5 Å². The maximum absolute atomic E-state index is 14.5. The minimum absolute atomic E-state index is 0.240. The van der Waals surface area contributed by atoms with Crippen LogP contribution < -0.4 is 10.5 Å². The molecule has 0 amide bonds. The van der Waals surface area contributed by atoms with Crippen molar-refractivity contribution in [1.82, 2.24) is 0 Å². The van der Waals surface area contributed by atoms with Gasteiger partial charge in [0.2, 0.25) is 0 Å². The van der Waals surface area contributed by atoms with Gasteiger partial charge in [-0.3, -0.25) is 0 Å². The monoisotopic (exact) mass is 315 g/mol. The molecule has 0 aliphatic heterocycles. The number of hydrogen-bond donors (Lipinski definition) is 1. The molecule has 18 heavy (non-hydrogen) atoms. The predicted molar refractivity (Wildman–Crippen MR) is 74.5 cm³/mol. The lowest BCUT2D eigenvalue weighted by atomic mass is 9.69. The molecule has 2 nitrogen and oxygen atoms in total. The molecule has 0 spiro atoms. The molecule has 0 bridgehead atoms. The summed E-state index contributed by atoms with van der Waals surface area (Å²) in [6.07, 6.45) is 5.34. The van der Waals surface area contributed by atoms with Crippen LogP contribution in [0.1, 0.15) is 37.7 Å². The molecule has 0 atom stereocenters. The van der Waals surface area contributed by atoms with Crippen LogP contribution >= 0.6 is 15.9 Å². The largest absolute Gasteiger partial charge is 0.494 e. The molecule has 4 heteroatoms. The summed E-state index contributed by atoms with van der Waals surface area (Å²) in [4.78, 5) is 0. The SMILES string of the molecule is COc1ccc(Br)c(C2(CN)CCCCC2)c1F. The topological polar surface area (TPSA) is 35.2 Å². The van der Waals surface area contributed by atoms with Gasteiger partial charge in [-0.2, -0.15) is 0 Å². The number of nitrogens with two attached hydrogens (primary N) is 1. The Hall–Kier alpha value is -0.610. The van der Waals surface area contributed by atoms with Gasteiger partial charge in [0.05, 0.1) is 7.11 Å². The molecule has 1 saturated carbocycles. The van der Waals surface area contributed by atoms with Crippen molar-refractivity contribution >= 4 is 15.9 Å². The lowest BCUT2D eigenvalue weighted by Crippen LogP contribution is -2.38. The summed E-state index contributed by atoms with van der Waals surface area (Å²) in [5.74, 6) is 0.0332. The van der Waals surface area contributed by atoms with E-state index in [0.717, 1.165) is 30.2 Å². The minimum atomic E-state index is -0.265. The van der Waals surface area contributed by atoms with E-state index in [9.17, 15) is 4.39 Å². The summed E-state index contributed by atoms with van der Waals surface area (Å²) in [7, 11) is 1.49. The minimum Gasteiger partial charge on any atom is -0.494 e. The Morgan fingerprint density at radius 2 is 2.00 bits per heavy atom. The summed E-state index contributed by atoms with van der Waals surface area (Å²) in [6, 6.07) is 3.50. The Morgan fingerprint density at radius 1 is 1.33 bits per heavy atom. The molecule has 1 aromatic rings. The number of ether oxygens (including phenoxy) is 1. The summed E-state index contributed by atoms with van der Waals surface area (Å²) in [6.45, 7) is 0.482. The van der Waals surface area contributed by atoms with Gasteiger partial charge < -0.3 is 10.5 Å². The normalized spacial score (nSPS) is 18.7. The smallest absolute Gasteiger partial charge is 0.169 e. The third-order valence-corrected chi connectivity index (χ3v) is 4.67. The van der Waals surface area contributed by atoms with Crippen LogP contribution in [0.3, 0.4) is 0 Å². The molecule has 2 N–H and O–H groups in total. The van der Waals surface area contributed by atoms with Crippen molar-refractivity contribution in [2.75, 3.05) is 13.7 Å². The second-order valence-electron chi connectivity index (χ2n) is 4.98. The van der Waals surface area contributed by atoms with Crippen molar-refractivity contribution in [3.05, 3.63) is 28.0 Å². The first kappa shape index (κ1) is 13.8. The Bertz CT molecular complexity index is 430. The molecular formula is C14H19BrFNO. The van der Waals surface area contributed by atoms with E-state index in [1.54, 1.807) is 6.07 Å². The van der Waals surface area contributed by atoms with Crippen molar-refractivity contribution in [2.24, 2.45) is 5.73 Å². The summed E-state index contributed by atoms with van der Waals surface area (Å²) in [5, 5.41) is 0. The number of hydrogen-bond acceptors (Lipinski definition) is 2. The Morgan fingerprint density at radius 3 is 2.56 bits per heavy atom. The zero-order chi connectivity index (χ0) is 13.2. The molecule has 100 valence electrons. The highest BCUT2D eigenvalue weighted by Crippen LogP contribution is 2.44. The van der Waals surface area contributed by atoms with E-state index in [1.807, 2.05) is 6.07 Å². The Kier molecular flexibility index (Phi) is 4.28. The molecule has 0 aromatic heterocycles. The Labute approximate surface area is 116 Å². The third kappa shape index (κ3) is 2.28. The molecule has 0 heterocycles. The fraction of sp³-hybridized carbons (Fsp3) is 0.571. The molecule has 1 aliphatic rings. The van der Waals surface area contributed by atoms with Crippen LogP contribution in [0.4, 0.5) is 4.39 Å². The van der Waals surface area contributed by atoms with Gasteiger partial charge in [-0.1, -0.05) is 35.2 Å². The van der Waals surface area contributed by atoms with Crippen molar-refractivity contribution < 1.29 is 9.13 Å². The van der Waals surface area contributed by atoms with Gasteiger partial charge in [0, 0.05) is 22.0 Å². The highest BCUT2D eigenvalue weighted by molar-refractivity contribution is 9.10. The van der Waals surface area contributed by atoms with E-state index in [4.69, 9.17) is 10.5 Å². The van der Waals surface area contributed by atoms with Crippen LogP contribution in [-0.2, 0) is 5.41 Å². The maximum Gasteiger partial charge on any atom is 0.169 e. The average molecular weight is 316 g/mol. The molecule has 0 saturated heterocycles. The molecule has 1 aromatic carbocycles. The molecule has 1 aliphatic carbocycles. The van der Waals surface area contributed by atoms with E-state index < -0.39 is 0 Å². The maximum atomic E-state index is 14.5. The highest BCUT2D eigenvalue weighted by Gasteiger charge is 2.37. The van der Waals surface area contributed by atoms with Crippen molar-refractivity contribution in [3.63, 3.8) is 0 Å². The molecule has 1 fully saturated rings. The molecule has 2 rings (SSSR count). The van der Waals surface area contributed by atoms with Crippen LogP contribution in [0.2, 0.25) is 0 Å². The van der Waals surface area contributed by atoms with Crippen LogP contribution in [0.15, 0.2) is 16.6 Å². The van der Waals surface area contributed by atoms with Gasteiger partial charge in [-0.15, -0.1) is 0 Å². The third-order valence-electron chi connectivity index (χ3n) is 4.01. The van der Waals surface area contributed by atoms with Gasteiger partial charge in [-0.25, -0.2) is 4.39 Å². The summed E-state index contributed by atoms with van der Waals surface area (Å²) in [5.41, 5.74) is 6.43. The second kappa shape index (κ2) is 5.57. The van der Waals surface area contributed by atoms with Crippen LogP contribution in [0, 0.1) is 5.82 Å². The lowest BCUT2D eigenvalue weighted by molar-refractivity contribution is 0.285. The summed E-state index contributed by atoms with van der Waals surface area (Å²) >= 11 is 3.47. The van der Waals surface area contributed by atoms with Crippen molar-refractivity contribution in [1.29, 1.82) is 0 Å². The molecular weight excluding hydrogens is 297 g/mol. The summed E-state index contributed by atoms with van der Waals surface area (Å²) < 4.78 is 20.4. The van der Waals surface area contributed by atoms with E-state index in [-0.39, 0.29) is 11.2 Å². The van der Waals surface area contributed by atoms with E-state index in [0.29, 0.717) is 17.9 Å². The first-order valence-corrected chi connectivity index (χ1v) is 7.16. The zero-order valence-corrected chi connectivity index (χ0v) is 12.2. The van der Waals surface area contributed by atoms with E-state index in [2.05, 4.69) is 15.9 Å². The number of rotatable bonds is 3. The number of halogens is 2. The van der Waals surface area contributed by atoms with Gasteiger partial charge in [0.15, 0.2) is 11.6 Å². The Balaban J connectivity index is 2.53. The number of benzene rings is 1. The number of methoxy groups -OCH3 is 1. The fourth-order valence-electron chi connectivity index (χ4n) is 2.96. The highest BCUT2D eigenvalue weighted by atomic mass is 79.9. The van der Waals surface area contributed by atoms with Crippen molar-refractivity contribution in [2.45, 2.75) is 37.5 Å². The molecule has 0 radical (unpaired) electrons. The van der Waals surface area contributed by atoms with Crippen LogP contribution in [0.25, 0.3) is 0 Å². The van der Waals surface area contributed by atoms with Gasteiger partial charge >= 0.3 is 0 Å². The lowest BCUT2D eigenvalue weighted by Gasteiger charge is -2.37. The molecule has 0 unspecified atom stereocenters. The van der Waals surface area contributed by atoms with Gasteiger partial charge in [0.25, 0.3) is 0 Å². The zero-order valence-electron chi connectivity index (χ0n) is 10.6. The van der Waals surface area contributed by atoms with E-state index >= 15 is 0 Å². The van der Waals surface area contributed by atoms with Gasteiger partial charge in [-0.05, 0) is 25.0 Å². The fourth-order valence-corrected chi connectivity index (χ4v) is 3.69. The van der Waals surface area contributed by atoms with Crippen molar-refractivity contribution in [3.8, 4) is 5.75 Å². The average Bonchev–Trinajstić information content (AvgIpc) is 2.40.